The van der Waals surface area contributed by atoms with Crippen LogP contribution in [0, 0.1) is 5.92 Å². The molecular formula is C23H22ClNO5. The average molecular weight is 428 g/mol. The number of aromatic amines is 1. The van der Waals surface area contributed by atoms with Gasteiger partial charge in [-0.25, -0.2) is 0 Å². The predicted molar refractivity (Wildman–Crippen MR) is 114 cm³/mol. The molecule has 0 radical (unpaired) electrons. The number of benzene rings is 2. The van der Waals surface area contributed by atoms with Gasteiger partial charge in [0.05, 0.1) is 19.1 Å². The van der Waals surface area contributed by atoms with Gasteiger partial charge in [0.25, 0.3) is 0 Å². The number of carbonyl (C=O) groups excluding carboxylic acids is 3. The molecule has 0 spiro atoms. The summed E-state index contributed by atoms with van der Waals surface area (Å²) in [6.07, 6.45) is 1.62. The number of Topliss-reactive ketones (excluding diaryl/α,β-unsaturated/α-hetero) is 1. The zero-order valence-electron chi connectivity index (χ0n) is 16.7. The SMILES string of the molecule is CCOC(=O)C(C(=O)OCC)[C@@H](C(=O)c1ccccc1)c1c[nH]c2ccc(Cl)cc12. The Hall–Kier alpha value is -3.12. The molecule has 0 saturated carbocycles. The van der Waals surface area contributed by atoms with Crippen molar-refractivity contribution in [2.75, 3.05) is 13.2 Å². The molecule has 3 rings (SSSR count). The Balaban J connectivity index is 2.21. The first kappa shape index (κ1) is 21.6. The molecule has 1 N–H and O–H groups in total. The number of esters is 2. The first-order chi connectivity index (χ1) is 14.5. The highest BCUT2D eigenvalue weighted by Gasteiger charge is 2.43. The lowest BCUT2D eigenvalue weighted by Gasteiger charge is -2.23. The minimum absolute atomic E-state index is 0.0701. The molecule has 0 aliphatic carbocycles. The van der Waals surface area contributed by atoms with Crippen molar-refractivity contribution >= 4 is 40.2 Å². The van der Waals surface area contributed by atoms with Crippen molar-refractivity contribution in [2.24, 2.45) is 5.92 Å². The van der Waals surface area contributed by atoms with Gasteiger partial charge in [0.1, 0.15) is 0 Å². The highest BCUT2D eigenvalue weighted by molar-refractivity contribution is 6.31. The number of aromatic nitrogens is 1. The topological polar surface area (TPSA) is 85.5 Å². The van der Waals surface area contributed by atoms with Crippen LogP contribution in [0.5, 0.6) is 0 Å². The summed E-state index contributed by atoms with van der Waals surface area (Å²) in [4.78, 5) is 42.3. The second-order valence-electron chi connectivity index (χ2n) is 6.62. The maximum atomic E-state index is 13.6. The highest BCUT2D eigenvalue weighted by Crippen LogP contribution is 2.36. The molecule has 30 heavy (non-hydrogen) atoms. The molecule has 7 heteroatoms. The maximum Gasteiger partial charge on any atom is 0.321 e. The first-order valence-corrected chi connectivity index (χ1v) is 10.0. The first-order valence-electron chi connectivity index (χ1n) is 9.67. The van der Waals surface area contributed by atoms with Gasteiger partial charge in [-0.2, -0.15) is 0 Å². The molecule has 0 unspecified atom stereocenters. The molecule has 1 heterocycles. The predicted octanol–water partition coefficient (Wildman–Crippen LogP) is 4.53. The second-order valence-corrected chi connectivity index (χ2v) is 7.06. The number of H-pyrrole nitrogens is 1. The Morgan fingerprint density at radius 1 is 0.967 bits per heavy atom. The molecule has 0 amide bonds. The molecule has 1 atom stereocenters. The van der Waals surface area contributed by atoms with Crippen LogP contribution in [0.4, 0.5) is 0 Å². The van der Waals surface area contributed by atoms with E-state index in [1.54, 1.807) is 68.6 Å². The Morgan fingerprint density at radius 2 is 1.60 bits per heavy atom. The Kier molecular flexibility index (Phi) is 6.90. The third kappa shape index (κ3) is 4.39. The zero-order chi connectivity index (χ0) is 21.7. The molecule has 0 aliphatic rings. The van der Waals surface area contributed by atoms with Gasteiger partial charge in [0, 0.05) is 27.7 Å². The van der Waals surface area contributed by atoms with Gasteiger partial charge in [-0.05, 0) is 37.6 Å². The number of hydrogen-bond donors (Lipinski definition) is 1. The summed E-state index contributed by atoms with van der Waals surface area (Å²) in [5, 5.41) is 1.12. The van der Waals surface area contributed by atoms with E-state index in [1.165, 1.54) is 0 Å². The summed E-state index contributed by atoms with van der Waals surface area (Å²) >= 11 is 6.17. The van der Waals surface area contributed by atoms with Crippen LogP contribution < -0.4 is 0 Å². The minimum atomic E-state index is -1.45. The lowest BCUT2D eigenvalue weighted by atomic mass is 9.80. The Labute approximate surface area is 179 Å². The van der Waals surface area contributed by atoms with E-state index >= 15 is 0 Å². The van der Waals surface area contributed by atoms with Gasteiger partial charge in [-0.3, -0.25) is 14.4 Å². The summed E-state index contributed by atoms with van der Waals surface area (Å²) < 4.78 is 10.3. The molecule has 156 valence electrons. The third-order valence-corrected chi connectivity index (χ3v) is 5.00. The lowest BCUT2D eigenvalue weighted by molar-refractivity contribution is -0.162. The smallest absolute Gasteiger partial charge is 0.321 e. The molecule has 1 aromatic heterocycles. The molecular weight excluding hydrogens is 406 g/mol. The maximum absolute atomic E-state index is 13.6. The van der Waals surface area contributed by atoms with Crippen LogP contribution in [0.1, 0.15) is 35.7 Å². The van der Waals surface area contributed by atoms with Crippen LogP contribution in [-0.4, -0.2) is 35.9 Å². The van der Waals surface area contributed by atoms with E-state index in [9.17, 15) is 14.4 Å². The van der Waals surface area contributed by atoms with E-state index < -0.39 is 23.8 Å². The summed E-state index contributed by atoms with van der Waals surface area (Å²) in [6, 6.07) is 13.7. The fourth-order valence-electron chi connectivity index (χ4n) is 3.46. The average Bonchev–Trinajstić information content (AvgIpc) is 3.15. The number of ether oxygens (including phenoxy) is 2. The second kappa shape index (κ2) is 9.59. The summed E-state index contributed by atoms with van der Waals surface area (Å²) in [6.45, 7) is 3.42. The van der Waals surface area contributed by atoms with Gasteiger partial charge < -0.3 is 14.5 Å². The molecule has 0 aliphatic heterocycles. The van der Waals surface area contributed by atoms with Crippen LogP contribution in [-0.2, 0) is 19.1 Å². The monoisotopic (exact) mass is 427 g/mol. The molecule has 0 fully saturated rings. The van der Waals surface area contributed by atoms with Gasteiger partial charge in [-0.1, -0.05) is 41.9 Å². The van der Waals surface area contributed by atoms with Crippen LogP contribution >= 0.6 is 11.6 Å². The van der Waals surface area contributed by atoms with Crippen LogP contribution in [0.2, 0.25) is 5.02 Å². The van der Waals surface area contributed by atoms with Gasteiger partial charge in [-0.15, -0.1) is 0 Å². The summed E-state index contributed by atoms with van der Waals surface area (Å²) in [5.41, 5.74) is 1.58. The van der Waals surface area contributed by atoms with Crippen LogP contribution in [0.25, 0.3) is 10.9 Å². The van der Waals surface area contributed by atoms with Crippen molar-refractivity contribution in [1.29, 1.82) is 0 Å². The van der Waals surface area contributed by atoms with E-state index in [4.69, 9.17) is 21.1 Å². The summed E-state index contributed by atoms with van der Waals surface area (Å²) in [5.74, 6) is -4.58. The number of ketones is 1. The largest absolute Gasteiger partial charge is 0.465 e. The van der Waals surface area contributed by atoms with Crippen molar-refractivity contribution in [3.8, 4) is 0 Å². The molecule has 0 bridgehead atoms. The number of fused-ring (bicyclic) bond motifs is 1. The van der Waals surface area contributed by atoms with Crippen molar-refractivity contribution in [2.45, 2.75) is 19.8 Å². The zero-order valence-corrected chi connectivity index (χ0v) is 17.4. The Bertz CT molecular complexity index is 1040. The van der Waals surface area contributed by atoms with Gasteiger partial charge >= 0.3 is 11.9 Å². The van der Waals surface area contributed by atoms with E-state index in [-0.39, 0.29) is 19.0 Å². The van der Waals surface area contributed by atoms with Crippen LogP contribution in [0.15, 0.2) is 54.7 Å². The Morgan fingerprint density at radius 3 is 2.20 bits per heavy atom. The normalized spacial score (nSPS) is 12.0. The minimum Gasteiger partial charge on any atom is -0.465 e. The van der Waals surface area contributed by atoms with Crippen molar-refractivity contribution in [1.82, 2.24) is 4.98 Å². The quantitative estimate of drug-likeness (QED) is 0.324. The molecule has 3 aromatic rings. The number of nitrogens with one attached hydrogen (secondary N) is 1. The van der Waals surface area contributed by atoms with E-state index in [0.29, 0.717) is 21.5 Å². The summed E-state index contributed by atoms with van der Waals surface area (Å²) in [7, 11) is 0. The fraction of sp³-hybridized carbons (Fsp3) is 0.261. The van der Waals surface area contributed by atoms with E-state index in [1.807, 2.05) is 0 Å². The fourth-order valence-corrected chi connectivity index (χ4v) is 3.63. The van der Waals surface area contributed by atoms with Gasteiger partial charge in [0.15, 0.2) is 11.7 Å². The highest BCUT2D eigenvalue weighted by atomic mass is 35.5. The van der Waals surface area contributed by atoms with Crippen LogP contribution in [0.3, 0.4) is 0 Å². The number of hydrogen-bond acceptors (Lipinski definition) is 5. The van der Waals surface area contributed by atoms with Crippen molar-refractivity contribution < 1.29 is 23.9 Å². The van der Waals surface area contributed by atoms with Gasteiger partial charge in [0.2, 0.25) is 0 Å². The third-order valence-electron chi connectivity index (χ3n) is 4.77. The number of carbonyl (C=O) groups is 3. The number of halogens is 1. The van der Waals surface area contributed by atoms with Crippen molar-refractivity contribution in [3.05, 3.63) is 70.9 Å². The molecule has 6 nitrogen and oxygen atoms in total. The number of rotatable bonds is 8. The van der Waals surface area contributed by atoms with E-state index in [0.717, 1.165) is 5.52 Å². The van der Waals surface area contributed by atoms with Crippen molar-refractivity contribution in [3.63, 3.8) is 0 Å². The van der Waals surface area contributed by atoms with E-state index in [2.05, 4.69) is 4.98 Å². The lowest BCUT2D eigenvalue weighted by Crippen LogP contribution is -2.37. The molecule has 2 aromatic carbocycles. The molecule has 0 saturated heterocycles. The standard InChI is InChI=1S/C23H22ClNO5/c1-3-29-22(27)20(23(28)30-4-2)19(21(26)14-8-6-5-7-9-14)17-13-25-18-11-10-15(24)12-16(17)18/h5-13,19-20,25H,3-4H2,1-2H3/t19-/m0/s1.